The molecule has 0 N–H and O–H groups in total. The number of hydrogen-bond donors (Lipinski definition) is 0. The van der Waals surface area contributed by atoms with E-state index in [1.54, 1.807) is 0 Å². The van der Waals surface area contributed by atoms with Crippen LogP contribution in [-0.2, 0) is 0 Å². The number of aromatic nitrogens is 1. The largest absolute Gasteiger partial charge is 0.456 e. The van der Waals surface area contributed by atoms with Crippen LogP contribution in [0.1, 0.15) is 0 Å². The van der Waals surface area contributed by atoms with Gasteiger partial charge >= 0.3 is 0 Å². The summed E-state index contributed by atoms with van der Waals surface area (Å²) in [6, 6.07) is 82.1. The van der Waals surface area contributed by atoms with E-state index < -0.39 is 8.07 Å². The third-order valence-electron chi connectivity index (χ3n) is 11.7. The van der Waals surface area contributed by atoms with Crippen molar-refractivity contribution in [3.8, 4) is 27.9 Å². The van der Waals surface area contributed by atoms with Gasteiger partial charge in [0.05, 0.1) is 11.0 Å². The molecular formula is C54H37NOSi. The molecule has 0 amide bonds. The molecule has 2 heterocycles. The smallest absolute Gasteiger partial charge is 0.179 e. The molecule has 0 saturated carbocycles. The van der Waals surface area contributed by atoms with Gasteiger partial charge in [-0.05, 0) is 85.5 Å². The number of para-hydroxylation sites is 2. The predicted octanol–water partition coefficient (Wildman–Crippen LogP) is 11.4. The summed E-state index contributed by atoms with van der Waals surface area (Å²) in [4.78, 5) is 0. The molecule has 11 aromatic rings. The summed E-state index contributed by atoms with van der Waals surface area (Å²) in [5, 5.41) is 10.2. The molecule has 0 spiro atoms. The molecule has 268 valence electrons. The Morgan fingerprint density at radius 3 is 1.47 bits per heavy atom. The Morgan fingerprint density at radius 2 is 0.842 bits per heavy atom. The van der Waals surface area contributed by atoms with E-state index >= 15 is 0 Å². The van der Waals surface area contributed by atoms with E-state index in [1.165, 1.54) is 53.7 Å². The van der Waals surface area contributed by atoms with Gasteiger partial charge < -0.3 is 8.98 Å². The highest BCUT2D eigenvalue weighted by atomic mass is 28.3. The normalized spacial score (nSPS) is 11.9. The zero-order valence-corrected chi connectivity index (χ0v) is 32.2. The van der Waals surface area contributed by atoms with E-state index in [0.717, 1.165) is 38.8 Å². The second kappa shape index (κ2) is 13.5. The molecule has 2 nitrogen and oxygen atoms in total. The highest BCUT2D eigenvalue weighted by Gasteiger charge is 2.41. The lowest BCUT2D eigenvalue weighted by atomic mass is 9.96. The SMILES string of the molecule is c1ccc([Si](c2ccccc2)(c2ccccc2)c2cccc(-c3cccc(-c4cccc5oc6ccc(-n7c8ccccc8c8ccccc87)cc6c45)c3)c2)cc1. The van der Waals surface area contributed by atoms with Gasteiger partial charge in [-0.1, -0.05) is 182 Å². The van der Waals surface area contributed by atoms with Crippen LogP contribution in [0, 0.1) is 0 Å². The maximum absolute atomic E-state index is 6.55. The molecule has 11 rings (SSSR count). The van der Waals surface area contributed by atoms with Gasteiger partial charge in [0.2, 0.25) is 0 Å². The molecule has 0 aliphatic rings. The Morgan fingerprint density at radius 1 is 0.333 bits per heavy atom. The van der Waals surface area contributed by atoms with Crippen LogP contribution in [0.5, 0.6) is 0 Å². The van der Waals surface area contributed by atoms with E-state index in [9.17, 15) is 0 Å². The van der Waals surface area contributed by atoms with Crippen LogP contribution in [0.2, 0.25) is 0 Å². The first kappa shape index (κ1) is 33.2. The fourth-order valence-electron chi connectivity index (χ4n) is 9.26. The maximum Gasteiger partial charge on any atom is 0.179 e. The first-order valence-corrected chi connectivity index (χ1v) is 21.6. The van der Waals surface area contributed by atoms with E-state index in [-0.39, 0.29) is 0 Å². The van der Waals surface area contributed by atoms with Gasteiger partial charge in [-0.3, -0.25) is 0 Å². The molecule has 0 atom stereocenters. The third-order valence-corrected chi connectivity index (χ3v) is 16.5. The summed E-state index contributed by atoms with van der Waals surface area (Å²) < 4.78 is 8.93. The lowest BCUT2D eigenvalue weighted by molar-refractivity contribution is 0.669. The van der Waals surface area contributed by atoms with Crippen molar-refractivity contribution in [2.45, 2.75) is 0 Å². The molecule has 3 heteroatoms. The van der Waals surface area contributed by atoms with Crippen LogP contribution >= 0.6 is 0 Å². The molecule has 0 unspecified atom stereocenters. The molecule has 57 heavy (non-hydrogen) atoms. The van der Waals surface area contributed by atoms with Crippen LogP contribution in [0.4, 0.5) is 0 Å². The van der Waals surface area contributed by atoms with Crippen molar-refractivity contribution in [1.82, 2.24) is 4.57 Å². The van der Waals surface area contributed by atoms with Gasteiger partial charge in [-0.25, -0.2) is 0 Å². The highest BCUT2D eigenvalue weighted by molar-refractivity contribution is 7.19. The molecule has 0 saturated heterocycles. The molecule has 0 aliphatic carbocycles. The van der Waals surface area contributed by atoms with Crippen molar-refractivity contribution in [3.63, 3.8) is 0 Å². The topological polar surface area (TPSA) is 18.1 Å². The molecule has 0 bridgehead atoms. The highest BCUT2D eigenvalue weighted by Crippen LogP contribution is 2.40. The monoisotopic (exact) mass is 743 g/mol. The fourth-order valence-corrected chi connectivity index (χ4v) is 14.1. The summed E-state index contributed by atoms with van der Waals surface area (Å²) in [5.74, 6) is 0. The number of rotatable bonds is 7. The second-order valence-electron chi connectivity index (χ2n) is 14.8. The maximum atomic E-state index is 6.55. The Balaban J connectivity index is 1.07. The van der Waals surface area contributed by atoms with Crippen LogP contribution in [0.3, 0.4) is 0 Å². The summed E-state index contributed by atoms with van der Waals surface area (Å²) >= 11 is 0. The second-order valence-corrected chi connectivity index (χ2v) is 18.7. The van der Waals surface area contributed by atoms with Crippen molar-refractivity contribution < 1.29 is 4.42 Å². The Hall–Kier alpha value is -7.20. The van der Waals surface area contributed by atoms with Gasteiger partial charge in [0.1, 0.15) is 11.2 Å². The molecule has 0 fully saturated rings. The van der Waals surface area contributed by atoms with Gasteiger partial charge in [0.15, 0.2) is 8.07 Å². The Bertz CT molecular complexity index is 3080. The standard InChI is InChI=1S/C54H37NOSi/c1-4-20-42(21-5-1)57(43-22-6-2-7-23-43,44-24-8-3-9-25-44)45-26-15-18-39(36-45)38-17-14-19-40(35-38)46-29-16-32-53-54(46)49-37-41(33-34-52(49)56-53)55-50-30-12-10-27-47(50)48-28-11-13-31-51(48)55/h1-37H. The molecule has 0 radical (unpaired) electrons. The third kappa shape index (κ3) is 5.31. The predicted molar refractivity (Wildman–Crippen MR) is 243 cm³/mol. The zero-order valence-electron chi connectivity index (χ0n) is 31.2. The zero-order chi connectivity index (χ0) is 37.8. The van der Waals surface area contributed by atoms with Gasteiger partial charge in [-0.2, -0.15) is 0 Å². The van der Waals surface area contributed by atoms with Crippen molar-refractivity contribution in [2.75, 3.05) is 0 Å². The quantitative estimate of drug-likeness (QED) is 0.117. The van der Waals surface area contributed by atoms with E-state index in [2.05, 4.69) is 229 Å². The van der Waals surface area contributed by atoms with Crippen molar-refractivity contribution in [2.24, 2.45) is 0 Å². The van der Waals surface area contributed by atoms with Crippen molar-refractivity contribution in [3.05, 3.63) is 224 Å². The average molecular weight is 744 g/mol. The van der Waals surface area contributed by atoms with Gasteiger partial charge in [0, 0.05) is 27.2 Å². The lowest BCUT2D eigenvalue weighted by Crippen LogP contribution is -2.74. The van der Waals surface area contributed by atoms with Crippen molar-refractivity contribution in [1.29, 1.82) is 0 Å². The first-order chi connectivity index (χ1) is 28.3. The van der Waals surface area contributed by atoms with E-state index in [0.29, 0.717) is 0 Å². The molecule has 0 aliphatic heterocycles. The van der Waals surface area contributed by atoms with Crippen LogP contribution in [-0.4, -0.2) is 12.6 Å². The van der Waals surface area contributed by atoms with E-state index in [4.69, 9.17) is 4.42 Å². The number of hydrogen-bond acceptors (Lipinski definition) is 1. The molecule has 2 aromatic heterocycles. The first-order valence-electron chi connectivity index (χ1n) is 19.6. The van der Waals surface area contributed by atoms with Crippen LogP contribution in [0.15, 0.2) is 229 Å². The van der Waals surface area contributed by atoms with Gasteiger partial charge in [0.25, 0.3) is 0 Å². The van der Waals surface area contributed by atoms with Crippen LogP contribution in [0.25, 0.3) is 71.7 Å². The van der Waals surface area contributed by atoms with Crippen LogP contribution < -0.4 is 20.7 Å². The summed E-state index contributed by atoms with van der Waals surface area (Å²) in [5.41, 5.74) is 9.98. The van der Waals surface area contributed by atoms with Crippen molar-refractivity contribution >= 4 is 72.6 Å². The Labute approximate surface area is 332 Å². The molecule has 9 aromatic carbocycles. The minimum atomic E-state index is -2.68. The summed E-state index contributed by atoms with van der Waals surface area (Å²) in [6.45, 7) is 0. The summed E-state index contributed by atoms with van der Waals surface area (Å²) in [6.07, 6.45) is 0. The lowest BCUT2D eigenvalue weighted by Gasteiger charge is -2.34. The summed E-state index contributed by atoms with van der Waals surface area (Å²) in [7, 11) is -2.68. The van der Waals surface area contributed by atoms with Gasteiger partial charge in [-0.15, -0.1) is 0 Å². The Kier molecular flexibility index (Phi) is 7.87. The number of furan rings is 1. The number of nitrogens with zero attached hydrogens (tertiary/aromatic N) is 1. The number of fused-ring (bicyclic) bond motifs is 6. The minimum Gasteiger partial charge on any atom is -0.456 e. The van der Waals surface area contributed by atoms with E-state index in [1.807, 2.05) is 0 Å². The minimum absolute atomic E-state index is 0.884. The fraction of sp³-hybridized carbons (Fsp3) is 0. The number of benzene rings is 9. The average Bonchev–Trinajstić information content (AvgIpc) is 3.84. The molecular weight excluding hydrogens is 707 g/mol.